The lowest BCUT2D eigenvalue weighted by Gasteiger charge is -2.14. The van der Waals surface area contributed by atoms with E-state index < -0.39 is 11.7 Å². The maximum Gasteiger partial charge on any atom is 0.417 e. The molecule has 0 heterocycles. The highest BCUT2D eigenvalue weighted by Gasteiger charge is 2.34. The number of nitrogens with one attached hydrogen (secondary N) is 1. The van der Waals surface area contributed by atoms with Crippen molar-refractivity contribution in [1.29, 1.82) is 0 Å². The molecule has 0 aromatic heterocycles. The molecule has 0 saturated carbocycles. The average Bonchev–Trinajstić information content (AvgIpc) is 2.37. The van der Waals surface area contributed by atoms with Crippen LogP contribution in [0.4, 0.5) is 18.9 Å². The lowest BCUT2D eigenvalue weighted by molar-refractivity contribution is -0.137. The lowest BCUT2D eigenvalue weighted by Crippen LogP contribution is -2.19. The van der Waals surface area contributed by atoms with Crippen LogP contribution in [0, 0.1) is 0 Å². The van der Waals surface area contributed by atoms with Gasteiger partial charge in [0.15, 0.2) is 0 Å². The Morgan fingerprint density at radius 1 is 1.43 bits per heavy atom. The van der Waals surface area contributed by atoms with E-state index in [2.05, 4.69) is 17.5 Å². The third kappa shape index (κ3) is 5.31. The zero-order valence-electron chi connectivity index (χ0n) is 11.3. The Bertz CT molecular complexity index is 533. The summed E-state index contributed by atoms with van der Waals surface area (Å²) in [5.41, 5.74) is 4.08. The van der Waals surface area contributed by atoms with Crippen LogP contribution in [-0.2, 0) is 15.7 Å². The second-order valence-electron chi connectivity index (χ2n) is 4.27. The number of thiocarbonyl (C=S) groups is 1. The molecular weight excluding hydrogens is 305 g/mol. The molecule has 0 aliphatic heterocycles. The normalized spacial score (nSPS) is 11.2. The molecule has 4 nitrogen and oxygen atoms in total. The number of ether oxygens (including phenoxy) is 1. The van der Waals surface area contributed by atoms with Gasteiger partial charge in [-0.05, 0) is 24.6 Å². The first kappa shape index (κ1) is 17.4. The summed E-state index contributed by atoms with van der Waals surface area (Å²) < 4.78 is 43.6. The Morgan fingerprint density at radius 3 is 2.62 bits per heavy atom. The van der Waals surface area contributed by atoms with E-state index in [-0.39, 0.29) is 28.6 Å². The van der Waals surface area contributed by atoms with Crippen LogP contribution in [0.15, 0.2) is 18.2 Å². The van der Waals surface area contributed by atoms with Crippen molar-refractivity contribution in [3.05, 3.63) is 29.3 Å². The Morgan fingerprint density at radius 2 is 2.10 bits per heavy atom. The van der Waals surface area contributed by atoms with Crippen molar-refractivity contribution in [3.8, 4) is 0 Å². The number of anilines is 1. The highest BCUT2D eigenvalue weighted by Crippen LogP contribution is 2.33. The first-order chi connectivity index (χ1) is 9.75. The van der Waals surface area contributed by atoms with E-state index in [0.717, 1.165) is 12.1 Å². The molecule has 8 heteroatoms. The fourth-order valence-electron chi connectivity index (χ4n) is 1.67. The highest BCUT2D eigenvalue weighted by molar-refractivity contribution is 7.80. The van der Waals surface area contributed by atoms with Crippen molar-refractivity contribution >= 4 is 28.8 Å². The maximum atomic E-state index is 12.9. The highest BCUT2D eigenvalue weighted by atomic mass is 32.1. The molecule has 1 rings (SSSR count). The molecule has 0 aliphatic rings. The Hall–Kier alpha value is -1.67. The van der Waals surface area contributed by atoms with E-state index in [4.69, 9.17) is 10.5 Å². The number of benzene rings is 1. The molecule has 1 amide bonds. The van der Waals surface area contributed by atoms with Crippen LogP contribution in [0.3, 0.4) is 0 Å². The first-order valence-electron chi connectivity index (χ1n) is 6.05. The van der Waals surface area contributed by atoms with E-state index in [1.807, 2.05) is 0 Å². The first-order valence-corrected chi connectivity index (χ1v) is 6.46. The summed E-state index contributed by atoms with van der Waals surface area (Å²) in [6, 6.07) is 3.30. The van der Waals surface area contributed by atoms with E-state index in [1.54, 1.807) is 0 Å². The molecule has 0 atom stereocenters. The summed E-state index contributed by atoms with van der Waals surface area (Å²) in [6.07, 6.45) is -3.96. The summed E-state index contributed by atoms with van der Waals surface area (Å²) in [5, 5.41) is 2.40. The summed E-state index contributed by atoms with van der Waals surface area (Å²) in [5.74, 6) is -0.386. The molecule has 0 saturated heterocycles. The zero-order chi connectivity index (χ0) is 16.0. The van der Waals surface area contributed by atoms with Gasteiger partial charge in [-0.2, -0.15) is 13.2 Å². The molecule has 1 aromatic carbocycles. The van der Waals surface area contributed by atoms with Crippen LogP contribution in [0.1, 0.15) is 24.0 Å². The average molecular weight is 320 g/mol. The SMILES string of the molecule is COCCCC(=O)Nc1ccc(C(N)=S)c(C(F)(F)F)c1. The summed E-state index contributed by atoms with van der Waals surface area (Å²) in [4.78, 5) is 11.2. The molecular formula is C13H15F3N2O2S. The molecule has 0 spiro atoms. The third-order valence-corrected chi connectivity index (χ3v) is 2.85. The fourth-order valence-corrected chi connectivity index (χ4v) is 1.85. The van der Waals surface area contributed by atoms with Crippen LogP contribution >= 0.6 is 12.2 Å². The lowest BCUT2D eigenvalue weighted by atomic mass is 10.1. The zero-order valence-corrected chi connectivity index (χ0v) is 12.1. The van der Waals surface area contributed by atoms with Crippen LogP contribution in [0.2, 0.25) is 0 Å². The Labute approximate surface area is 125 Å². The van der Waals surface area contributed by atoms with Crippen LogP contribution in [0.5, 0.6) is 0 Å². The van der Waals surface area contributed by atoms with E-state index in [0.29, 0.717) is 13.0 Å². The molecule has 0 radical (unpaired) electrons. The second-order valence-corrected chi connectivity index (χ2v) is 4.71. The van der Waals surface area contributed by atoms with Crippen LogP contribution in [-0.4, -0.2) is 24.6 Å². The number of nitrogens with two attached hydrogens (primary N) is 1. The van der Waals surface area contributed by atoms with Gasteiger partial charge in [0, 0.05) is 31.4 Å². The minimum atomic E-state index is -4.60. The Kier molecular flexibility index (Phi) is 6.10. The van der Waals surface area contributed by atoms with Gasteiger partial charge in [-0.25, -0.2) is 0 Å². The Balaban J connectivity index is 2.91. The van der Waals surface area contributed by atoms with Gasteiger partial charge in [0.1, 0.15) is 4.99 Å². The monoisotopic (exact) mass is 320 g/mol. The number of methoxy groups -OCH3 is 1. The van der Waals surface area contributed by atoms with Gasteiger partial charge in [0.05, 0.1) is 5.56 Å². The minimum absolute atomic E-state index is 0.0461. The number of rotatable bonds is 6. The fraction of sp³-hybridized carbons (Fsp3) is 0.385. The maximum absolute atomic E-state index is 12.9. The summed E-state index contributed by atoms with van der Waals surface area (Å²) >= 11 is 4.60. The van der Waals surface area contributed by atoms with Gasteiger partial charge in [-0.3, -0.25) is 4.79 Å². The standard InChI is InChI=1S/C13H15F3N2O2S/c1-20-6-2-3-11(19)18-8-4-5-9(12(17)21)10(7-8)13(14,15)16/h4-5,7H,2-3,6H2,1H3,(H2,17,21)(H,18,19). The topological polar surface area (TPSA) is 64.3 Å². The quantitative estimate of drug-likeness (QED) is 0.625. The number of carbonyl (C=O) groups is 1. The molecule has 21 heavy (non-hydrogen) atoms. The number of alkyl halides is 3. The number of halogens is 3. The van der Waals surface area contributed by atoms with Crippen molar-refractivity contribution in [1.82, 2.24) is 0 Å². The predicted molar refractivity (Wildman–Crippen MR) is 77.1 cm³/mol. The number of amides is 1. The van der Waals surface area contributed by atoms with Gasteiger partial charge in [0.2, 0.25) is 5.91 Å². The molecule has 0 aliphatic carbocycles. The van der Waals surface area contributed by atoms with E-state index in [9.17, 15) is 18.0 Å². The number of hydrogen-bond acceptors (Lipinski definition) is 3. The molecule has 116 valence electrons. The molecule has 0 unspecified atom stereocenters. The van der Waals surface area contributed by atoms with Gasteiger partial charge >= 0.3 is 6.18 Å². The largest absolute Gasteiger partial charge is 0.417 e. The van der Waals surface area contributed by atoms with Crippen molar-refractivity contribution in [2.45, 2.75) is 19.0 Å². The van der Waals surface area contributed by atoms with Gasteiger partial charge in [-0.15, -0.1) is 0 Å². The summed E-state index contributed by atoms with van der Waals surface area (Å²) in [7, 11) is 1.50. The number of hydrogen-bond donors (Lipinski definition) is 2. The third-order valence-electron chi connectivity index (χ3n) is 2.63. The smallest absolute Gasteiger partial charge is 0.389 e. The molecule has 1 aromatic rings. The van der Waals surface area contributed by atoms with Crippen LogP contribution < -0.4 is 11.1 Å². The van der Waals surface area contributed by atoms with Crippen LogP contribution in [0.25, 0.3) is 0 Å². The van der Waals surface area contributed by atoms with Crippen molar-refractivity contribution < 1.29 is 22.7 Å². The summed E-state index contributed by atoms with van der Waals surface area (Å²) in [6.45, 7) is 0.404. The van der Waals surface area contributed by atoms with Gasteiger partial charge in [-0.1, -0.05) is 12.2 Å². The molecule has 0 fully saturated rings. The van der Waals surface area contributed by atoms with Gasteiger partial charge in [0.25, 0.3) is 0 Å². The van der Waals surface area contributed by atoms with E-state index >= 15 is 0 Å². The van der Waals surface area contributed by atoms with Crippen molar-refractivity contribution in [3.63, 3.8) is 0 Å². The van der Waals surface area contributed by atoms with Crippen molar-refractivity contribution in [2.24, 2.45) is 5.73 Å². The number of carbonyl (C=O) groups excluding carboxylic acids is 1. The molecule has 0 bridgehead atoms. The van der Waals surface area contributed by atoms with Crippen molar-refractivity contribution in [2.75, 3.05) is 19.0 Å². The van der Waals surface area contributed by atoms with E-state index in [1.165, 1.54) is 13.2 Å². The predicted octanol–water partition coefficient (Wildman–Crippen LogP) is 2.70. The van der Waals surface area contributed by atoms with Gasteiger partial charge < -0.3 is 15.8 Å². The minimum Gasteiger partial charge on any atom is -0.389 e. The molecule has 3 N–H and O–H groups in total. The second kappa shape index (κ2) is 7.37.